The molecule has 5 heteroatoms. The lowest BCUT2D eigenvalue weighted by molar-refractivity contribution is -0.116. The Balaban J connectivity index is 2.29. The fraction of sp³-hybridized carbons (Fsp3) is 0.111. The second kappa shape index (κ2) is 8.16. The van der Waals surface area contributed by atoms with Crippen molar-refractivity contribution in [2.75, 3.05) is 7.05 Å². The predicted octanol–water partition coefficient (Wildman–Crippen LogP) is 3.68. The number of nitrogens with zero attached hydrogens (tertiary/aromatic N) is 1. The van der Waals surface area contributed by atoms with Crippen LogP contribution >= 0.6 is 15.9 Å². The van der Waals surface area contributed by atoms with Gasteiger partial charge in [-0.15, -0.1) is 0 Å². The van der Waals surface area contributed by atoms with Crippen LogP contribution in [-0.4, -0.2) is 13.0 Å². The van der Waals surface area contributed by atoms with Crippen LogP contribution in [0.1, 0.15) is 11.1 Å². The van der Waals surface area contributed by atoms with Crippen molar-refractivity contribution in [3.63, 3.8) is 0 Å². The topological polar surface area (TPSA) is 62.1 Å². The fourth-order valence-electron chi connectivity index (χ4n) is 1.94. The van der Waals surface area contributed by atoms with Crippen molar-refractivity contribution in [2.24, 2.45) is 0 Å². The van der Waals surface area contributed by atoms with E-state index in [4.69, 9.17) is 10.00 Å². The second-order valence-corrected chi connectivity index (χ2v) is 5.62. The second-order valence-electron chi connectivity index (χ2n) is 4.71. The molecule has 0 aliphatic carbocycles. The molecule has 0 fully saturated rings. The number of carbonyl (C=O) groups excluding carboxylic acids is 1. The number of benzene rings is 2. The van der Waals surface area contributed by atoms with Crippen molar-refractivity contribution >= 4 is 27.9 Å². The highest BCUT2D eigenvalue weighted by Gasteiger charge is 2.10. The van der Waals surface area contributed by atoms with Gasteiger partial charge in [0, 0.05) is 17.1 Å². The number of ether oxygens (including phenoxy) is 1. The first-order valence-corrected chi connectivity index (χ1v) is 7.73. The van der Waals surface area contributed by atoms with Gasteiger partial charge in [0.05, 0.1) is 0 Å². The SMILES string of the molecule is CNC(=O)/C(C#N)=C\c1cc(Br)ccc1OCc1ccccc1. The largest absolute Gasteiger partial charge is 0.488 e. The summed E-state index contributed by atoms with van der Waals surface area (Å²) in [6.07, 6.45) is 1.52. The number of halogens is 1. The zero-order valence-corrected chi connectivity index (χ0v) is 14.1. The molecule has 0 aliphatic rings. The normalized spacial score (nSPS) is 10.7. The molecular formula is C18H15BrN2O2. The fourth-order valence-corrected chi connectivity index (χ4v) is 2.32. The first-order chi connectivity index (χ1) is 11.1. The van der Waals surface area contributed by atoms with Crippen LogP contribution in [0.2, 0.25) is 0 Å². The summed E-state index contributed by atoms with van der Waals surface area (Å²) in [5, 5.41) is 11.6. The number of nitriles is 1. The quantitative estimate of drug-likeness (QED) is 0.644. The van der Waals surface area contributed by atoms with Gasteiger partial charge in [0.25, 0.3) is 5.91 Å². The van der Waals surface area contributed by atoms with E-state index in [1.807, 2.05) is 42.5 Å². The lowest BCUT2D eigenvalue weighted by Gasteiger charge is -2.10. The van der Waals surface area contributed by atoms with Gasteiger partial charge in [-0.3, -0.25) is 4.79 Å². The molecule has 0 saturated heterocycles. The summed E-state index contributed by atoms with van der Waals surface area (Å²) in [4.78, 5) is 11.7. The van der Waals surface area contributed by atoms with Gasteiger partial charge in [-0.05, 0) is 29.8 Å². The lowest BCUT2D eigenvalue weighted by Crippen LogP contribution is -2.19. The van der Waals surface area contributed by atoms with E-state index in [-0.39, 0.29) is 5.57 Å². The number of amides is 1. The van der Waals surface area contributed by atoms with E-state index in [0.717, 1.165) is 10.0 Å². The van der Waals surface area contributed by atoms with Gasteiger partial charge < -0.3 is 10.1 Å². The molecule has 0 saturated carbocycles. The summed E-state index contributed by atoms with van der Waals surface area (Å²) < 4.78 is 6.67. The van der Waals surface area contributed by atoms with Gasteiger partial charge in [0.15, 0.2) is 0 Å². The van der Waals surface area contributed by atoms with Gasteiger partial charge >= 0.3 is 0 Å². The minimum Gasteiger partial charge on any atom is -0.488 e. The molecule has 0 bridgehead atoms. The highest BCUT2D eigenvalue weighted by atomic mass is 79.9. The zero-order chi connectivity index (χ0) is 16.7. The van der Waals surface area contributed by atoms with E-state index in [9.17, 15) is 4.79 Å². The number of hydrogen-bond donors (Lipinski definition) is 1. The van der Waals surface area contributed by atoms with E-state index in [1.165, 1.54) is 13.1 Å². The van der Waals surface area contributed by atoms with Crippen molar-refractivity contribution in [2.45, 2.75) is 6.61 Å². The Kier molecular flexibility index (Phi) is 5.95. The maximum Gasteiger partial charge on any atom is 0.261 e. The van der Waals surface area contributed by atoms with Gasteiger partial charge in [-0.2, -0.15) is 5.26 Å². The first-order valence-electron chi connectivity index (χ1n) is 6.94. The number of rotatable bonds is 5. The van der Waals surface area contributed by atoms with E-state index < -0.39 is 5.91 Å². The van der Waals surface area contributed by atoms with Crippen LogP contribution in [0.3, 0.4) is 0 Å². The van der Waals surface area contributed by atoms with Crippen LogP contribution in [0.25, 0.3) is 6.08 Å². The Bertz CT molecular complexity index is 764. The van der Waals surface area contributed by atoms with Crippen molar-refractivity contribution in [1.29, 1.82) is 5.26 Å². The molecule has 1 amide bonds. The zero-order valence-electron chi connectivity index (χ0n) is 12.5. The van der Waals surface area contributed by atoms with Crippen molar-refractivity contribution in [3.05, 3.63) is 69.7 Å². The summed E-state index contributed by atoms with van der Waals surface area (Å²) >= 11 is 3.39. The predicted molar refractivity (Wildman–Crippen MR) is 92.6 cm³/mol. The minimum atomic E-state index is -0.429. The molecule has 0 spiro atoms. The third kappa shape index (κ3) is 4.70. The Morgan fingerprint density at radius 1 is 1.30 bits per heavy atom. The molecule has 2 aromatic carbocycles. The van der Waals surface area contributed by atoms with Gasteiger partial charge in [-0.25, -0.2) is 0 Å². The van der Waals surface area contributed by atoms with Gasteiger partial charge in [0.2, 0.25) is 0 Å². The van der Waals surface area contributed by atoms with Crippen molar-refractivity contribution in [3.8, 4) is 11.8 Å². The molecule has 0 aromatic heterocycles. The Morgan fingerprint density at radius 2 is 2.04 bits per heavy atom. The van der Waals surface area contributed by atoms with Crippen LogP contribution in [-0.2, 0) is 11.4 Å². The first kappa shape index (κ1) is 16.8. The monoisotopic (exact) mass is 370 g/mol. The molecule has 116 valence electrons. The minimum absolute atomic E-state index is 0.0233. The summed E-state index contributed by atoms with van der Waals surface area (Å²) in [6.45, 7) is 0.408. The molecule has 0 heterocycles. The van der Waals surface area contributed by atoms with Crippen molar-refractivity contribution in [1.82, 2.24) is 5.32 Å². The van der Waals surface area contributed by atoms with Gasteiger partial charge in [-0.1, -0.05) is 46.3 Å². The molecule has 0 radical (unpaired) electrons. The molecular weight excluding hydrogens is 356 g/mol. The molecule has 0 aliphatic heterocycles. The van der Waals surface area contributed by atoms with E-state index in [1.54, 1.807) is 12.1 Å². The maximum atomic E-state index is 11.7. The third-order valence-electron chi connectivity index (χ3n) is 3.10. The third-order valence-corrected chi connectivity index (χ3v) is 3.59. The number of nitrogens with one attached hydrogen (secondary N) is 1. The van der Waals surface area contributed by atoms with Crippen LogP contribution < -0.4 is 10.1 Å². The summed E-state index contributed by atoms with van der Waals surface area (Å²) in [6, 6.07) is 17.1. The smallest absolute Gasteiger partial charge is 0.261 e. The molecule has 2 rings (SSSR count). The maximum absolute atomic E-state index is 11.7. The number of likely N-dealkylation sites (N-methyl/N-ethyl adjacent to an activating group) is 1. The Hall–Kier alpha value is -2.58. The van der Waals surface area contributed by atoms with E-state index in [2.05, 4.69) is 21.2 Å². The van der Waals surface area contributed by atoms with E-state index >= 15 is 0 Å². The summed E-state index contributed by atoms with van der Waals surface area (Å²) in [5.41, 5.74) is 1.72. The summed E-state index contributed by atoms with van der Waals surface area (Å²) in [7, 11) is 1.49. The number of carbonyl (C=O) groups is 1. The number of hydrogen-bond acceptors (Lipinski definition) is 3. The Labute approximate surface area is 143 Å². The average molecular weight is 371 g/mol. The highest BCUT2D eigenvalue weighted by Crippen LogP contribution is 2.26. The average Bonchev–Trinajstić information content (AvgIpc) is 2.59. The molecule has 4 nitrogen and oxygen atoms in total. The van der Waals surface area contributed by atoms with E-state index in [0.29, 0.717) is 17.9 Å². The molecule has 23 heavy (non-hydrogen) atoms. The molecule has 0 atom stereocenters. The molecule has 2 aromatic rings. The summed E-state index contributed by atoms with van der Waals surface area (Å²) in [5.74, 6) is 0.176. The standard InChI is InChI=1S/C18H15BrN2O2/c1-21-18(22)15(11-20)9-14-10-16(19)7-8-17(14)23-12-13-5-3-2-4-6-13/h2-10H,12H2,1H3,(H,21,22)/b15-9-. The van der Waals surface area contributed by atoms with Crippen molar-refractivity contribution < 1.29 is 9.53 Å². The highest BCUT2D eigenvalue weighted by molar-refractivity contribution is 9.10. The lowest BCUT2D eigenvalue weighted by atomic mass is 10.1. The molecule has 1 N–H and O–H groups in total. The van der Waals surface area contributed by atoms with Crippen LogP contribution in [0.5, 0.6) is 5.75 Å². The van der Waals surface area contributed by atoms with Gasteiger partial charge in [0.1, 0.15) is 24.0 Å². The van der Waals surface area contributed by atoms with Crippen LogP contribution in [0, 0.1) is 11.3 Å². The Morgan fingerprint density at radius 3 is 2.70 bits per heavy atom. The van der Waals surface area contributed by atoms with Crippen LogP contribution in [0.4, 0.5) is 0 Å². The van der Waals surface area contributed by atoms with Crippen LogP contribution in [0.15, 0.2) is 58.6 Å². The molecule has 0 unspecified atom stereocenters.